The van der Waals surface area contributed by atoms with Crippen LogP contribution in [0.5, 0.6) is 0 Å². The predicted molar refractivity (Wildman–Crippen MR) is 115 cm³/mol. The van der Waals surface area contributed by atoms with E-state index in [4.69, 9.17) is 11.6 Å². The molecule has 0 atom stereocenters. The third kappa shape index (κ3) is 8.53. The lowest BCUT2D eigenvalue weighted by molar-refractivity contribution is -0.385. The summed E-state index contributed by atoms with van der Waals surface area (Å²) in [5.74, 6) is -1.03. The van der Waals surface area contributed by atoms with E-state index < -0.39 is 16.8 Å². The number of rotatable bonds is 9. The number of halogens is 1. The summed E-state index contributed by atoms with van der Waals surface area (Å²) in [6.07, 6.45) is 5.94. The number of nitro benzene ring substituents is 1. The molecule has 1 amide bonds. The van der Waals surface area contributed by atoms with Crippen molar-refractivity contribution in [3.05, 3.63) is 68.4 Å². The number of hydrogen-bond donors (Lipinski definition) is 1. The summed E-state index contributed by atoms with van der Waals surface area (Å²) in [6, 6.07) is 4.10. The molecule has 0 aromatic heterocycles. The molecular weight excluding hydrogens is 416 g/mol. The number of esters is 1. The molecule has 9 heteroatoms. The van der Waals surface area contributed by atoms with Gasteiger partial charge in [0.15, 0.2) is 0 Å². The zero-order chi connectivity index (χ0) is 22.0. The highest BCUT2D eigenvalue weighted by atomic mass is 35.5. The Morgan fingerprint density at radius 1 is 1.31 bits per heavy atom. The minimum absolute atomic E-state index is 0.0300. The molecule has 1 aromatic carbocycles. The van der Waals surface area contributed by atoms with Gasteiger partial charge in [-0.25, -0.2) is 0 Å². The first-order valence-corrected chi connectivity index (χ1v) is 10.0. The molecule has 0 unspecified atom stereocenters. The summed E-state index contributed by atoms with van der Waals surface area (Å²) in [6.45, 7) is 5.62. The van der Waals surface area contributed by atoms with Crippen LogP contribution in [0.4, 0.5) is 5.69 Å². The lowest BCUT2D eigenvalue weighted by Gasteiger charge is -2.08. The van der Waals surface area contributed by atoms with Gasteiger partial charge in [-0.05, 0) is 50.6 Å². The van der Waals surface area contributed by atoms with Crippen LogP contribution < -0.4 is 5.32 Å². The van der Waals surface area contributed by atoms with Crippen LogP contribution in [0.3, 0.4) is 0 Å². The summed E-state index contributed by atoms with van der Waals surface area (Å²) < 4.78 is 4.57. The highest BCUT2D eigenvalue weighted by Gasteiger charge is 2.21. The zero-order valence-corrected chi connectivity index (χ0v) is 18.2. The maximum Gasteiger partial charge on any atom is 0.315 e. The minimum Gasteiger partial charge on any atom is -0.468 e. The molecule has 0 radical (unpaired) electrons. The Morgan fingerprint density at radius 2 is 2.00 bits per heavy atom. The van der Waals surface area contributed by atoms with Gasteiger partial charge in [0.25, 0.3) is 11.6 Å². The second-order valence-corrected chi connectivity index (χ2v) is 7.49. The van der Waals surface area contributed by atoms with Crippen LogP contribution in [-0.4, -0.2) is 29.7 Å². The fourth-order valence-corrected chi connectivity index (χ4v) is 3.04. The molecular formula is C20H23ClN2O5S. The molecule has 0 heterocycles. The van der Waals surface area contributed by atoms with Crippen molar-refractivity contribution in [2.45, 2.75) is 32.1 Å². The summed E-state index contributed by atoms with van der Waals surface area (Å²) in [4.78, 5) is 35.0. The maximum atomic E-state index is 12.6. The van der Waals surface area contributed by atoms with Gasteiger partial charge in [0.05, 0.1) is 17.8 Å². The van der Waals surface area contributed by atoms with Crippen LogP contribution in [0.15, 0.2) is 57.6 Å². The molecule has 1 aromatic rings. The molecule has 7 nitrogen and oxygen atoms in total. The number of carbonyl (C=O) groups excluding carboxylic acids is 2. The molecule has 0 fully saturated rings. The van der Waals surface area contributed by atoms with E-state index >= 15 is 0 Å². The average Bonchev–Trinajstić information content (AvgIpc) is 2.69. The third-order valence-electron chi connectivity index (χ3n) is 3.74. The Bertz CT molecular complexity index is 878. The fraction of sp³-hybridized carbons (Fsp3) is 0.300. The van der Waals surface area contributed by atoms with Crippen LogP contribution in [0.25, 0.3) is 0 Å². The summed E-state index contributed by atoms with van der Waals surface area (Å²) in [7, 11) is 1.27. The number of nitrogens with zero attached hydrogens (tertiary/aromatic N) is 1. The van der Waals surface area contributed by atoms with Gasteiger partial charge in [-0.1, -0.05) is 24.1 Å². The van der Waals surface area contributed by atoms with Gasteiger partial charge in [-0.3, -0.25) is 19.7 Å². The molecule has 0 aliphatic heterocycles. The van der Waals surface area contributed by atoms with Crippen molar-refractivity contribution >= 4 is 40.9 Å². The van der Waals surface area contributed by atoms with Crippen molar-refractivity contribution in [2.24, 2.45) is 0 Å². The van der Waals surface area contributed by atoms with E-state index in [-0.39, 0.29) is 17.0 Å². The molecule has 0 spiro atoms. The number of nitrogens with one attached hydrogen (secondary N) is 1. The average molecular weight is 439 g/mol. The molecule has 0 saturated heterocycles. The highest BCUT2D eigenvalue weighted by Crippen LogP contribution is 2.26. The van der Waals surface area contributed by atoms with Crippen molar-refractivity contribution in [1.82, 2.24) is 5.32 Å². The second kappa shape index (κ2) is 12.1. The van der Waals surface area contributed by atoms with Gasteiger partial charge in [-0.15, -0.1) is 11.8 Å². The lowest BCUT2D eigenvalue weighted by Crippen LogP contribution is -2.22. The van der Waals surface area contributed by atoms with Gasteiger partial charge in [0.1, 0.15) is 5.56 Å². The third-order valence-corrected chi connectivity index (χ3v) is 4.94. The smallest absolute Gasteiger partial charge is 0.315 e. The predicted octanol–water partition coefficient (Wildman–Crippen LogP) is 4.97. The minimum atomic E-state index is -0.629. The Kier molecular flexibility index (Phi) is 10.2. The quantitative estimate of drug-likeness (QED) is 0.192. The van der Waals surface area contributed by atoms with Crippen LogP contribution in [0, 0.1) is 10.1 Å². The number of allylic oxidation sites excluding steroid dienone is 6. The SMILES string of the molecule is CC/C(C)=C/C(Cl)=C\C=C(/C)NC(=O)c1cc(SCC(=O)OC)ccc1[N+](=O)[O-]. The van der Waals surface area contributed by atoms with E-state index in [0.717, 1.165) is 23.8 Å². The van der Waals surface area contributed by atoms with E-state index in [1.54, 1.807) is 19.1 Å². The summed E-state index contributed by atoms with van der Waals surface area (Å²) >= 11 is 7.23. The Balaban J connectivity index is 3.03. The molecule has 156 valence electrons. The first-order valence-electron chi connectivity index (χ1n) is 8.68. The number of thioether (sulfide) groups is 1. The van der Waals surface area contributed by atoms with Crippen molar-refractivity contribution < 1.29 is 19.2 Å². The number of nitro groups is 1. The molecule has 1 rings (SSSR count). The van der Waals surface area contributed by atoms with Crippen molar-refractivity contribution in [2.75, 3.05) is 12.9 Å². The van der Waals surface area contributed by atoms with E-state index in [1.807, 2.05) is 19.9 Å². The summed E-state index contributed by atoms with van der Waals surface area (Å²) in [5, 5.41) is 14.4. The molecule has 0 aliphatic rings. The van der Waals surface area contributed by atoms with E-state index in [9.17, 15) is 19.7 Å². The topological polar surface area (TPSA) is 98.5 Å². The van der Waals surface area contributed by atoms with Crippen LogP contribution in [0.2, 0.25) is 0 Å². The van der Waals surface area contributed by atoms with Gasteiger partial charge < -0.3 is 10.1 Å². The number of hydrogen-bond acceptors (Lipinski definition) is 6. The van der Waals surface area contributed by atoms with Gasteiger partial charge in [0, 0.05) is 21.7 Å². The zero-order valence-electron chi connectivity index (χ0n) is 16.7. The first kappa shape index (κ1) is 24.5. The maximum absolute atomic E-state index is 12.6. The fourth-order valence-electron chi connectivity index (χ4n) is 2.03. The second-order valence-electron chi connectivity index (χ2n) is 6.00. The van der Waals surface area contributed by atoms with Crippen LogP contribution >= 0.6 is 23.4 Å². The van der Waals surface area contributed by atoms with Crippen molar-refractivity contribution in [3.63, 3.8) is 0 Å². The monoisotopic (exact) mass is 438 g/mol. The van der Waals surface area contributed by atoms with Crippen LogP contribution in [-0.2, 0) is 9.53 Å². The van der Waals surface area contributed by atoms with Gasteiger partial charge in [0.2, 0.25) is 0 Å². The number of ether oxygens (including phenoxy) is 1. The molecule has 0 saturated carbocycles. The highest BCUT2D eigenvalue weighted by molar-refractivity contribution is 8.00. The number of methoxy groups -OCH3 is 1. The lowest BCUT2D eigenvalue weighted by atomic mass is 10.1. The Labute approximate surface area is 179 Å². The van der Waals surface area contributed by atoms with Crippen molar-refractivity contribution in [3.8, 4) is 0 Å². The number of amides is 1. The van der Waals surface area contributed by atoms with E-state index in [2.05, 4.69) is 10.1 Å². The molecule has 29 heavy (non-hydrogen) atoms. The Morgan fingerprint density at radius 3 is 2.59 bits per heavy atom. The van der Waals surface area contributed by atoms with E-state index in [0.29, 0.717) is 15.6 Å². The number of benzene rings is 1. The van der Waals surface area contributed by atoms with E-state index in [1.165, 1.54) is 25.3 Å². The molecule has 1 N–H and O–H groups in total. The Hall–Kier alpha value is -2.58. The number of carbonyl (C=O) groups is 2. The van der Waals surface area contributed by atoms with Gasteiger partial charge in [-0.2, -0.15) is 0 Å². The first-order chi connectivity index (χ1) is 13.7. The van der Waals surface area contributed by atoms with Gasteiger partial charge >= 0.3 is 5.97 Å². The molecule has 0 bridgehead atoms. The summed E-state index contributed by atoms with van der Waals surface area (Å²) in [5.41, 5.74) is 1.15. The largest absolute Gasteiger partial charge is 0.468 e. The molecule has 0 aliphatic carbocycles. The van der Waals surface area contributed by atoms with Crippen LogP contribution in [0.1, 0.15) is 37.6 Å². The van der Waals surface area contributed by atoms with Crippen molar-refractivity contribution in [1.29, 1.82) is 0 Å². The normalized spacial score (nSPS) is 12.5. The standard InChI is InChI=1S/C20H23ClN2O5S/c1-5-13(2)10-15(21)7-6-14(3)22-20(25)17-11-16(29-12-19(24)28-4)8-9-18(17)23(26)27/h6-11H,5,12H2,1-4H3,(H,22,25)/b13-10+,14-6+,15-7+.